The molecule has 0 amide bonds. The topological polar surface area (TPSA) is 46.5 Å². The number of hydrogen-bond donors (Lipinski definition) is 1. The molecule has 1 N–H and O–H groups in total. The van der Waals surface area contributed by atoms with E-state index >= 15 is 0 Å². The van der Waals surface area contributed by atoms with Gasteiger partial charge in [-0.1, -0.05) is 27.2 Å². The molecule has 0 unspecified atom stereocenters. The third-order valence-electron chi connectivity index (χ3n) is 2.61. The molecule has 0 heterocycles. The number of carbonyl (C=O) groups is 1. The van der Waals surface area contributed by atoms with Crippen LogP contribution >= 0.6 is 0 Å². The molecule has 0 aromatic carbocycles. The Hall–Kier alpha value is -0.570. The molecule has 1 atom stereocenters. The van der Waals surface area contributed by atoms with Gasteiger partial charge in [0.05, 0.1) is 13.2 Å². The third-order valence-corrected chi connectivity index (χ3v) is 2.61. The van der Waals surface area contributed by atoms with E-state index in [4.69, 9.17) is 0 Å². The lowest BCUT2D eigenvalue weighted by molar-refractivity contribution is -0.140. The molecule has 0 aliphatic heterocycles. The number of carbonyl (C=O) groups excluding carboxylic acids is 1. The molecule has 0 aromatic rings. The molecule has 0 rings (SSSR count). The highest BCUT2D eigenvalue weighted by molar-refractivity contribution is 5.68. The number of aliphatic hydroxyl groups excluding tert-OH is 1. The molecular weight excluding hydrogens is 204 g/mol. The fraction of sp³-hybridized carbons (Fsp3) is 0.923. The van der Waals surface area contributed by atoms with E-state index in [1.807, 2.05) is 0 Å². The van der Waals surface area contributed by atoms with Crippen molar-refractivity contribution in [1.82, 2.24) is 0 Å². The van der Waals surface area contributed by atoms with Gasteiger partial charge in [-0.25, -0.2) is 0 Å². The molecule has 0 saturated carbocycles. The zero-order chi connectivity index (χ0) is 12.6. The van der Waals surface area contributed by atoms with E-state index in [-0.39, 0.29) is 12.1 Å². The Balaban J connectivity index is 3.45. The molecule has 0 aromatic heterocycles. The van der Waals surface area contributed by atoms with Gasteiger partial charge in [-0.3, -0.25) is 4.79 Å². The number of ether oxygens (including phenoxy) is 1. The first-order valence-electron chi connectivity index (χ1n) is 6.10. The molecule has 96 valence electrons. The van der Waals surface area contributed by atoms with Crippen molar-refractivity contribution in [3.63, 3.8) is 0 Å². The summed E-state index contributed by atoms with van der Waals surface area (Å²) in [4.78, 5) is 10.8. The Labute approximate surface area is 99.2 Å². The van der Waals surface area contributed by atoms with Crippen LogP contribution in [0.2, 0.25) is 0 Å². The van der Waals surface area contributed by atoms with Gasteiger partial charge in [-0.05, 0) is 31.1 Å². The molecule has 0 bridgehead atoms. The van der Waals surface area contributed by atoms with Crippen molar-refractivity contribution in [1.29, 1.82) is 0 Å². The fourth-order valence-electron chi connectivity index (χ4n) is 1.60. The van der Waals surface area contributed by atoms with Crippen LogP contribution in [0.1, 0.15) is 59.3 Å². The summed E-state index contributed by atoms with van der Waals surface area (Å²) in [7, 11) is 1.39. The number of esters is 1. The molecule has 16 heavy (non-hydrogen) atoms. The third kappa shape index (κ3) is 9.97. The van der Waals surface area contributed by atoms with Crippen LogP contribution in [-0.2, 0) is 9.53 Å². The Morgan fingerprint density at radius 2 is 1.81 bits per heavy atom. The maximum absolute atomic E-state index is 10.8. The van der Waals surface area contributed by atoms with Crippen molar-refractivity contribution in [3.05, 3.63) is 0 Å². The van der Waals surface area contributed by atoms with Crippen LogP contribution in [0.3, 0.4) is 0 Å². The van der Waals surface area contributed by atoms with Gasteiger partial charge in [0.1, 0.15) is 0 Å². The average molecular weight is 230 g/mol. The van der Waals surface area contributed by atoms with E-state index in [0.717, 1.165) is 19.3 Å². The molecule has 0 radical (unpaired) electrons. The van der Waals surface area contributed by atoms with Crippen molar-refractivity contribution < 1.29 is 14.6 Å². The monoisotopic (exact) mass is 230 g/mol. The van der Waals surface area contributed by atoms with E-state index in [0.29, 0.717) is 24.7 Å². The van der Waals surface area contributed by atoms with Crippen molar-refractivity contribution in [2.75, 3.05) is 7.11 Å². The van der Waals surface area contributed by atoms with E-state index in [1.165, 1.54) is 7.11 Å². The molecule has 3 heteroatoms. The smallest absolute Gasteiger partial charge is 0.305 e. The fourth-order valence-corrected chi connectivity index (χ4v) is 1.60. The average Bonchev–Trinajstić information content (AvgIpc) is 2.15. The summed E-state index contributed by atoms with van der Waals surface area (Å²) in [6.45, 7) is 6.61. The van der Waals surface area contributed by atoms with Crippen molar-refractivity contribution in [3.8, 4) is 0 Å². The summed E-state index contributed by atoms with van der Waals surface area (Å²) in [5, 5.41) is 9.68. The highest BCUT2D eigenvalue weighted by Crippen LogP contribution is 2.22. The van der Waals surface area contributed by atoms with E-state index < -0.39 is 0 Å². The van der Waals surface area contributed by atoms with Crippen molar-refractivity contribution in [2.45, 2.75) is 65.4 Å². The van der Waals surface area contributed by atoms with Gasteiger partial charge < -0.3 is 9.84 Å². The molecule has 3 nitrogen and oxygen atoms in total. The molecule has 0 aliphatic rings. The van der Waals surface area contributed by atoms with Gasteiger partial charge >= 0.3 is 5.97 Å². The summed E-state index contributed by atoms with van der Waals surface area (Å²) < 4.78 is 4.54. The predicted octanol–water partition coefficient (Wildman–Crippen LogP) is 2.91. The molecule has 0 spiro atoms. The normalized spacial score (nSPS) is 13.6. The largest absolute Gasteiger partial charge is 0.469 e. The predicted molar refractivity (Wildman–Crippen MR) is 65.2 cm³/mol. The lowest BCUT2D eigenvalue weighted by Crippen LogP contribution is -2.11. The van der Waals surface area contributed by atoms with Crippen LogP contribution in [0.5, 0.6) is 0 Å². The second-order valence-electron chi connectivity index (χ2n) is 5.58. The first kappa shape index (κ1) is 15.4. The van der Waals surface area contributed by atoms with Gasteiger partial charge in [0.15, 0.2) is 0 Å². The standard InChI is InChI=1S/C13H26O3/c1-13(2,3)10-6-8-11(14)7-5-9-12(15)16-4/h11,14H,5-10H2,1-4H3/t11-/m0/s1. The Bertz CT molecular complexity index is 194. The minimum Gasteiger partial charge on any atom is -0.469 e. The van der Waals surface area contributed by atoms with Gasteiger partial charge in [0.2, 0.25) is 0 Å². The minimum absolute atomic E-state index is 0.193. The molecular formula is C13H26O3. The van der Waals surface area contributed by atoms with E-state index in [9.17, 15) is 9.90 Å². The lowest BCUT2D eigenvalue weighted by atomic mass is 9.89. The summed E-state index contributed by atoms with van der Waals surface area (Å²) >= 11 is 0. The van der Waals surface area contributed by atoms with Crippen molar-refractivity contribution >= 4 is 5.97 Å². The first-order valence-corrected chi connectivity index (χ1v) is 6.10. The molecule has 0 saturated heterocycles. The number of methoxy groups -OCH3 is 1. The minimum atomic E-state index is -0.271. The Kier molecular flexibility index (Phi) is 7.39. The highest BCUT2D eigenvalue weighted by Gasteiger charge is 2.12. The first-order chi connectivity index (χ1) is 7.35. The number of rotatable bonds is 7. The summed E-state index contributed by atoms with van der Waals surface area (Å²) in [5.74, 6) is -0.193. The summed E-state index contributed by atoms with van der Waals surface area (Å²) in [5.41, 5.74) is 0.339. The van der Waals surface area contributed by atoms with Crippen molar-refractivity contribution in [2.24, 2.45) is 5.41 Å². The zero-order valence-electron chi connectivity index (χ0n) is 11.1. The van der Waals surface area contributed by atoms with Crippen LogP contribution in [0.15, 0.2) is 0 Å². The van der Waals surface area contributed by atoms with Crippen LogP contribution in [0.4, 0.5) is 0 Å². The second kappa shape index (κ2) is 7.66. The Morgan fingerprint density at radius 1 is 1.25 bits per heavy atom. The Morgan fingerprint density at radius 3 is 2.31 bits per heavy atom. The van der Waals surface area contributed by atoms with Gasteiger partial charge in [0, 0.05) is 6.42 Å². The SMILES string of the molecule is COC(=O)CCC[C@H](O)CCCC(C)(C)C. The molecule has 0 aliphatic carbocycles. The number of hydrogen-bond acceptors (Lipinski definition) is 3. The van der Waals surface area contributed by atoms with Crippen LogP contribution in [0, 0.1) is 5.41 Å². The van der Waals surface area contributed by atoms with Crippen LogP contribution in [0.25, 0.3) is 0 Å². The second-order valence-corrected chi connectivity index (χ2v) is 5.58. The summed E-state index contributed by atoms with van der Waals surface area (Å²) in [6, 6.07) is 0. The maximum atomic E-state index is 10.8. The van der Waals surface area contributed by atoms with E-state index in [2.05, 4.69) is 25.5 Å². The van der Waals surface area contributed by atoms with Gasteiger partial charge in [-0.2, -0.15) is 0 Å². The maximum Gasteiger partial charge on any atom is 0.305 e. The van der Waals surface area contributed by atoms with Crippen LogP contribution in [-0.4, -0.2) is 24.3 Å². The van der Waals surface area contributed by atoms with Gasteiger partial charge in [0.25, 0.3) is 0 Å². The molecule has 0 fully saturated rings. The number of aliphatic hydroxyl groups is 1. The van der Waals surface area contributed by atoms with E-state index in [1.54, 1.807) is 0 Å². The quantitative estimate of drug-likeness (QED) is 0.684. The summed E-state index contributed by atoms with van der Waals surface area (Å²) in [6.07, 6.45) is 4.55. The van der Waals surface area contributed by atoms with Gasteiger partial charge in [-0.15, -0.1) is 0 Å². The zero-order valence-corrected chi connectivity index (χ0v) is 11.1. The van der Waals surface area contributed by atoms with Crippen LogP contribution < -0.4 is 0 Å². The highest BCUT2D eigenvalue weighted by atomic mass is 16.5. The lowest BCUT2D eigenvalue weighted by Gasteiger charge is -2.18.